The van der Waals surface area contributed by atoms with Crippen molar-refractivity contribution in [3.8, 4) is 0 Å². The summed E-state index contributed by atoms with van der Waals surface area (Å²) in [5, 5.41) is 9.61. The highest BCUT2D eigenvalue weighted by atomic mass is 16.7. The molecule has 3 aliphatic rings. The van der Waals surface area contributed by atoms with Gasteiger partial charge in [0.15, 0.2) is 0 Å². The Balaban J connectivity index is 1.33. The molecule has 2 aliphatic heterocycles. The third kappa shape index (κ3) is 3.35. The van der Waals surface area contributed by atoms with Crippen LogP contribution in [-0.2, 0) is 15.9 Å². The lowest BCUT2D eigenvalue weighted by Crippen LogP contribution is -2.48. The first-order valence-corrected chi connectivity index (χ1v) is 10.0. The van der Waals surface area contributed by atoms with Crippen molar-refractivity contribution < 1.29 is 14.4 Å². The highest BCUT2D eigenvalue weighted by Crippen LogP contribution is 2.49. The molecule has 2 saturated heterocycles. The molecule has 1 spiro atoms. The zero-order chi connectivity index (χ0) is 18.6. The minimum atomic E-state index is -0.296. The highest BCUT2D eigenvalue weighted by molar-refractivity contribution is 6.62. The summed E-state index contributed by atoms with van der Waals surface area (Å²) in [6, 6.07) is 8.70. The first-order chi connectivity index (χ1) is 12.2. The quantitative estimate of drug-likeness (QED) is 0.845. The molecule has 0 aromatic heterocycles. The summed E-state index contributed by atoms with van der Waals surface area (Å²) in [6.07, 6.45) is 4.46. The van der Waals surface area contributed by atoms with Crippen molar-refractivity contribution in [1.29, 1.82) is 0 Å². The lowest BCUT2D eigenvalue weighted by molar-refractivity contribution is -0.0689. The maximum absolute atomic E-state index is 9.61. The van der Waals surface area contributed by atoms with Crippen molar-refractivity contribution in [3.63, 3.8) is 0 Å². The van der Waals surface area contributed by atoms with E-state index in [4.69, 9.17) is 9.31 Å². The molecular formula is C21H32BNO3. The molecule has 3 fully saturated rings. The van der Waals surface area contributed by atoms with Crippen molar-refractivity contribution in [2.75, 3.05) is 13.1 Å². The van der Waals surface area contributed by atoms with Crippen LogP contribution in [0.4, 0.5) is 0 Å². The third-order valence-electron chi connectivity index (χ3n) is 7.17. The van der Waals surface area contributed by atoms with Crippen LogP contribution in [0.2, 0.25) is 0 Å². The Hall–Kier alpha value is -0.875. The third-order valence-corrected chi connectivity index (χ3v) is 7.17. The number of rotatable bonds is 3. The molecular weight excluding hydrogens is 325 g/mol. The van der Waals surface area contributed by atoms with Crippen molar-refractivity contribution >= 4 is 12.6 Å². The predicted molar refractivity (Wildman–Crippen MR) is 104 cm³/mol. The average Bonchev–Trinajstić information content (AvgIpc) is 2.77. The van der Waals surface area contributed by atoms with Crippen molar-refractivity contribution in [2.24, 2.45) is 5.41 Å². The van der Waals surface area contributed by atoms with Gasteiger partial charge in [-0.15, -0.1) is 0 Å². The van der Waals surface area contributed by atoms with Gasteiger partial charge in [-0.3, -0.25) is 4.90 Å². The summed E-state index contributed by atoms with van der Waals surface area (Å²) in [5.41, 5.74) is 2.30. The van der Waals surface area contributed by atoms with Gasteiger partial charge in [-0.25, -0.2) is 0 Å². The van der Waals surface area contributed by atoms with Crippen LogP contribution >= 0.6 is 0 Å². The second-order valence-corrected chi connectivity index (χ2v) is 9.67. The number of hydrogen-bond acceptors (Lipinski definition) is 4. The van der Waals surface area contributed by atoms with Crippen LogP contribution in [0.1, 0.15) is 58.9 Å². The molecule has 1 aromatic rings. The molecule has 0 unspecified atom stereocenters. The molecule has 4 rings (SSSR count). The molecule has 0 atom stereocenters. The molecule has 4 nitrogen and oxygen atoms in total. The fraction of sp³-hybridized carbons (Fsp3) is 0.714. The van der Waals surface area contributed by atoms with E-state index in [0.29, 0.717) is 5.41 Å². The molecule has 2 heterocycles. The number of aliphatic hydroxyl groups excluding tert-OH is 1. The molecule has 0 bridgehead atoms. The molecule has 1 aromatic carbocycles. The van der Waals surface area contributed by atoms with Crippen LogP contribution in [0, 0.1) is 5.41 Å². The summed E-state index contributed by atoms with van der Waals surface area (Å²) >= 11 is 0. The van der Waals surface area contributed by atoms with Crippen molar-refractivity contribution in [2.45, 2.75) is 77.2 Å². The van der Waals surface area contributed by atoms with E-state index in [9.17, 15) is 5.11 Å². The largest absolute Gasteiger partial charge is 0.494 e. The number of piperidine rings is 1. The second kappa shape index (κ2) is 6.34. The number of likely N-dealkylation sites (tertiary alicyclic amines) is 1. The van der Waals surface area contributed by atoms with Gasteiger partial charge in [0.1, 0.15) is 0 Å². The Morgan fingerprint density at radius 1 is 1.00 bits per heavy atom. The van der Waals surface area contributed by atoms with Crippen LogP contribution in [0.15, 0.2) is 24.3 Å². The van der Waals surface area contributed by atoms with E-state index in [1.54, 1.807) is 0 Å². The zero-order valence-electron chi connectivity index (χ0n) is 16.6. The van der Waals surface area contributed by atoms with Crippen LogP contribution in [-0.4, -0.2) is 47.5 Å². The van der Waals surface area contributed by atoms with E-state index in [-0.39, 0.29) is 24.4 Å². The molecule has 1 saturated carbocycles. The van der Waals surface area contributed by atoms with Gasteiger partial charge in [0.05, 0.1) is 17.3 Å². The van der Waals surface area contributed by atoms with E-state index >= 15 is 0 Å². The topological polar surface area (TPSA) is 41.9 Å². The monoisotopic (exact) mass is 357 g/mol. The minimum absolute atomic E-state index is 0.0379. The van der Waals surface area contributed by atoms with E-state index in [2.05, 4.69) is 56.9 Å². The van der Waals surface area contributed by atoms with Gasteiger partial charge >= 0.3 is 7.12 Å². The van der Waals surface area contributed by atoms with Crippen LogP contribution in [0.3, 0.4) is 0 Å². The Morgan fingerprint density at radius 2 is 1.54 bits per heavy atom. The molecule has 0 amide bonds. The van der Waals surface area contributed by atoms with Crippen LogP contribution < -0.4 is 5.46 Å². The van der Waals surface area contributed by atoms with Gasteiger partial charge in [0.2, 0.25) is 0 Å². The van der Waals surface area contributed by atoms with Gasteiger partial charge in [-0.05, 0) is 82.9 Å². The SMILES string of the molecule is CC1(C)OB(c2ccc(CN3CCC4(CC3)CC(O)C4)cc2)OC1(C)C. The fourth-order valence-corrected chi connectivity index (χ4v) is 4.55. The fourth-order valence-electron chi connectivity index (χ4n) is 4.55. The van der Waals surface area contributed by atoms with E-state index < -0.39 is 0 Å². The normalized spacial score (nSPS) is 27.7. The smallest absolute Gasteiger partial charge is 0.399 e. The average molecular weight is 357 g/mol. The molecule has 1 aliphatic carbocycles. The van der Waals surface area contributed by atoms with E-state index in [0.717, 1.165) is 37.9 Å². The molecule has 142 valence electrons. The summed E-state index contributed by atoms with van der Waals surface area (Å²) < 4.78 is 12.3. The molecule has 0 radical (unpaired) electrons. The van der Waals surface area contributed by atoms with E-state index in [1.807, 2.05) is 0 Å². The second-order valence-electron chi connectivity index (χ2n) is 9.67. The zero-order valence-corrected chi connectivity index (χ0v) is 16.6. The van der Waals surface area contributed by atoms with Crippen molar-refractivity contribution in [3.05, 3.63) is 29.8 Å². The van der Waals surface area contributed by atoms with Crippen molar-refractivity contribution in [1.82, 2.24) is 4.90 Å². The minimum Gasteiger partial charge on any atom is -0.399 e. The summed E-state index contributed by atoms with van der Waals surface area (Å²) in [4.78, 5) is 2.54. The lowest BCUT2D eigenvalue weighted by Gasteiger charge is -2.50. The van der Waals surface area contributed by atoms with E-state index in [1.165, 1.54) is 18.4 Å². The summed E-state index contributed by atoms with van der Waals surface area (Å²) in [6.45, 7) is 11.6. The number of hydrogen-bond donors (Lipinski definition) is 1. The Morgan fingerprint density at radius 3 is 2.04 bits per heavy atom. The lowest BCUT2D eigenvalue weighted by atomic mass is 9.61. The first kappa shape index (κ1) is 18.5. The number of nitrogens with zero attached hydrogens (tertiary/aromatic N) is 1. The maximum Gasteiger partial charge on any atom is 0.494 e. The Kier molecular flexibility index (Phi) is 4.50. The summed E-state index contributed by atoms with van der Waals surface area (Å²) in [5.74, 6) is 0. The highest BCUT2D eigenvalue weighted by Gasteiger charge is 2.51. The first-order valence-electron chi connectivity index (χ1n) is 10.0. The molecule has 1 N–H and O–H groups in total. The van der Waals surface area contributed by atoms with Gasteiger partial charge in [-0.1, -0.05) is 24.3 Å². The van der Waals surface area contributed by atoms with Crippen LogP contribution in [0.5, 0.6) is 0 Å². The maximum atomic E-state index is 9.61. The van der Waals surface area contributed by atoms with Gasteiger partial charge < -0.3 is 14.4 Å². The van der Waals surface area contributed by atoms with Gasteiger partial charge in [0, 0.05) is 6.54 Å². The standard InChI is InChI=1S/C21H32BNO3/c1-19(2)20(3,4)26-22(25-19)17-7-5-16(6-8-17)15-23-11-9-21(10-12-23)13-18(24)14-21/h5-8,18,24H,9-15H2,1-4H3. The van der Waals surface area contributed by atoms with Crippen LogP contribution in [0.25, 0.3) is 0 Å². The molecule has 5 heteroatoms. The number of aliphatic hydroxyl groups is 1. The predicted octanol–water partition coefficient (Wildman–Crippen LogP) is 2.72. The van der Waals surface area contributed by atoms with Gasteiger partial charge in [0.25, 0.3) is 0 Å². The summed E-state index contributed by atoms with van der Waals surface area (Å²) in [7, 11) is -0.283. The number of benzene rings is 1. The molecule has 26 heavy (non-hydrogen) atoms. The Bertz CT molecular complexity index is 626. The Labute approximate surface area is 158 Å². The van der Waals surface area contributed by atoms with Gasteiger partial charge in [-0.2, -0.15) is 0 Å².